The summed E-state index contributed by atoms with van der Waals surface area (Å²) in [6, 6.07) is 13.2. The highest BCUT2D eigenvalue weighted by Gasteiger charge is 2.32. The number of nitrogens with one attached hydrogen (secondary N) is 1. The number of rotatable bonds is 8. The topological polar surface area (TPSA) is 77.2 Å². The van der Waals surface area contributed by atoms with Crippen molar-refractivity contribution in [2.75, 3.05) is 6.54 Å². The molecule has 0 aliphatic carbocycles. The van der Waals surface area contributed by atoms with E-state index in [0.29, 0.717) is 19.0 Å². The molecule has 26 heavy (non-hydrogen) atoms. The number of pyridine rings is 1. The predicted molar refractivity (Wildman–Crippen MR) is 109 cm³/mol. The minimum Gasteiger partial charge on any atom is -0.439 e. The smallest absolute Gasteiger partial charge is 0.227 e. The molecule has 3 N–H and O–H groups in total. The molecule has 0 aliphatic heterocycles. The highest BCUT2D eigenvalue weighted by atomic mass is 35.5. The number of carbonyl (C=O) groups is 1. The third kappa shape index (κ3) is 6.16. The number of hydrogen-bond donors (Lipinski definition) is 2. The van der Waals surface area contributed by atoms with Crippen molar-refractivity contribution in [3.8, 4) is 11.6 Å². The van der Waals surface area contributed by atoms with E-state index in [9.17, 15) is 4.79 Å². The Morgan fingerprint density at radius 1 is 1.12 bits per heavy atom. The van der Waals surface area contributed by atoms with Gasteiger partial charge in [-0.2, -0.15) is 0 Å². The third-order valence-electron chi connectivity index (χ3n) is 4.44. The SMILES string of the molecule is CCC(CC)(CN)C(=O)NCc1ccc(Oc2ccccc2)nc1.Cl.Cl. The van der Waals surface area contributed by atoms with E-state index in [0.717, 1.165) is 24.2 Å². The van der Waals surface area contributed by atoms with Gasteiger partial charge in [0.15, 0.2) is 0 Å². The van der Waals surface area contributed by atoms with Gasteiger partial charge in [0, 0.05) is 25.4 Å². The number of amides is 1. The molecule has 0 saturated carbocycles. The maximum Gasteiger partial charge on any atom is 0.227 e. The van der Waals surface area contributed by atoms with Gasteiger partial charge in [-0.15, -0.1) is 24.8 Å². The van der Waals surface area contributed by atoms with E-state index in [2.05, 4.69) is 10.3 Å². The number of ether oxygens (including phenoxy) is 1. The Morgan fingerprint density at radius 3 is 2.27 bits per heavy atom. The highest BCUT2D eigenvalue weighted by molar-refractivity contribution is 5.85. The Labute approximate surface area is 167 Å². The summed E-state index contributed by atoms with van der Waals surface area (Å²) in [4.78, 5) is 16.7. The molecule has 144 valence electrons. The van der Waals surface area contributed by atoms with Crippen LogP contribution in [-0.2, 0) is 11.3 Å². The number of aromatic nitrogens is 1. The second kappa shape index (κ2) is 11.7. The maximum absolute atomic E-state index is 12.4. The van der Waals surface area contributed by atoms with Gasteiger partial charge in [0.1, 0.15) is 5.75 Å². The van der Waals surface area contributed by atoms with Crippen LogP contribution >= 0.6 is 24.8 Å². The second-order valence-electron chi connectivity index (χ2n) is 5.79. The van der Waals surface area contributed by atoms with Crippen LogP contribution in [0.4, 0.5) is 0 Å². The van der Waals surface area contributed by atoms with Gasteiger partial charge in [0.2, 0.25) is 11.8 Å². The zero-order valence-electron chi connectivity index (χ0n) is 15.1. The van der Waals surface area contributed by atoms with Crippen LogP contribution in [0.3, 0.4) is 0 Å². The van der Waals surface area contributed by atoms with Gasteiger partial charge in [-0.1, -0.05) is 38.1 Å². The molecular formula is C19H27Cl2N3O2. The molecule has 1 aromatic heterocycles. The Morgan fingerprint density at radius 2 is 1.77 bits per heavy atom. The molecule has 0 aliphatic rings. The normalized spacial score (nSPS) is 10.3. The lowest BCUT2D eigenvalue weighted by atomic mass is 9.81. The molecule has 7 heteroatoms. The van der Waals surface area contributed by atoms with Crippen molar-refractivity contribution in [2.24, 2.45) is 11.1 Å². The number of benzene rings is 1. The van der Waals surface area contributed by atoms with Gasteiger partial charge in [0.25, 0.3) is 0 Å². The minimum absolute atomic E-state index is 0. The van der Waals surface area contributed by atoms with Crippen molar-refractivity contribution in [1.29, 1.82) is 0 Å². The van der Waals surface area contributed by atoms with E-state index >= 15 is 0 Å². The van der Waals surface area contributed by atoms with Crippen molar-refractivity contribution in [2.45, 2.75) is 33.2 Å². The summed E-state index contributed by atoms with van der Waals surface area (Å²) in [5.41, 5.74) is 6.24. The molecule has 0 saturated heterocycles. The quantitative estimate of drug-likeness (QED) is 0.700. The number of nitrogens with two attached hydrogens (primary N) is 1. The Kier molecular flexibility index (Phi) is 10.9. The van der Waals surface area contributed by atoms with Gasteiger partial charge < -0.3 is 15.8 Å². The largest absolute Gasteiger partial charge is 0.439 e. The van der Waals surface area contributed by atoms with E-state index < -0.39 is 5.41 Å². The lowest BCUT2D eigenvalue weighted by Gasteiger charge is -2.28. The van der Waals surface area contributed by atoms with Crippen molar-refractivity contribution in [1.82, 2.24) is 10.3 Å². The summed E-state index contributed by atoms with van der Waals surface area (Å²) in [5.74, 6) is 1.26. The fraction of sp³-hybridized carbons (Fsp3) is 0.368. The molecule has 5 nitrogen and oxygen atoms in total. The van der Waals surface area contributed by atoms with E-state index in [1.54, 1.807) is 12.3 Å². The summed E-state index contributed by atoms with van der Waals surface area (Å²) >= 11 is 0. The van der Waals surface area contributed by atoms with Crippen molar-refractivity contribution in [3.63, 3.8) is 0 Å². The molecule has 1 amide bonds. The molecule has 0 unspecified atom stereocenters. The van der Waals surface area contributed by atoms with Crippen LogP contribution in [-0.4, -0.2) is 17.4 Å². The zero-order chi connectivity index (χ0) is 17.4. The average molecular weight is 400 g/mol. The van der Waals surface area contributed by atoms with E-state index in [4.69, 9.17) is 10.5 Å². The molecule has 0 spiro atoms. The Hall–Kier alpha value is -1.82. The lowest BCUT2D eigenvalue weighted by molar-refractivity contribution is -0.131. The number of para-hydroxylation sites is 1. The molecule has 0 radical (unpaired) electrons. The fourth-order valence-corrected chi connectivity index (χ4v) is 2.51. The van der Waals surface area contributed by atoms with Gasteiger partial charge in [-0.05, 0) is 30.5 Å². The van der Waals surface area contributed by atoms with Crippen molar-refractivity contribution >= 4 is 30.7 Å². The van der Waals surface area contributed by atoms with Crippen LogP contribution in [0.15, 0.2) is 48.7 Å². The Bertz CT molecular complexity index is 639. The summed E-state index contributed by atoms with van der Waals surface area (Å²) in [6.07, 6.45) is 3.17. The molecule has 1 heterocycles. The van der Waals surface area contributed by atoms with Crippen molar-refractivity contribution in [3.05, 3.63) is 54.2 Å². The summed E-state index contributed by atoms with van der Waals surface area (Å²) in [7, 11) is 0. The predicted octanol–water partition coefficient (Wildman–Crippen LogP) is 4.10. The second-order valence-corrected chi connectivity index (χ2v) is 5.79. The molecule has 0 fully saturated rings. The summed E-state index contributed by atoms with van der Waals surface area (Å²) in [5, 5.41) is 2.96. The first-order valence-electron chi connectivity index (χ1n) is 8.29. The fourth-order valence-electron chi connectivity index (χ4n) is 2.51. The summed E-state index contributed by atoms with van der Waals surface area (Å²) < 4.78 is 5.65. The number of nitrogens with zero attached hydrogens (tertiary/aromatic N) is 1. The van der Waals surface area contributed by atoms with Gasteiger partial charge >= 0.3 is 0 Å². The minimum atomic E-state index is -0.482. The lowest BCUT2D eigenvalue weighted by Crippen LogP contribution is -2.45. The number of hydrogen-bond acceptors (Lipinski definition) is 4. The maximum atomic E-state index is 12.4. The first-order valence-corrected chi connectivity index (χ1v) is 8.29. The highest BCUT2D eigenvalue weighted by Crippen LogP contribution is 2.25. The van der Waals surface area contributed by atoms with Crippen molar-refractivity contribution < 1.29 is 9.53 Å². The first-order chi connectivity index (χ1) is 11.6. The number of halogens is 2. The number of carbonyl (C=O) groups excluding carboxylic acids is 1. The van der Waals surface area contributed by atoms with Crippen LogP contribution in [0.1, 0.15) is 32.3 Å². The zero-order valence-corrected chi connectivity index (χ0v) is 16.7. The van der Waals surface area contributed by atoms with Crippen LogP contribution in [0.25, 0.3) is 0 Å². The van der Waals surface area contributed by atoms with Crippen LogP contribution in [0.2, 0.25) is 0 Å². The third-order valence-corrected chi connectivity index (χ3v) is 4.44. The average Bonchev–Trinajstić information content (AvgIpc) is 2.64. The van der Waals surface area contributed by atoms with Crippen LogP contribution in [0, 0.1) is 5.41 Å². The molecule has 0 atom stereocenters. The van der Waals surface area contributed by atoms with Crippen LogP contribution in [0.5, 0.6) is 11.6 Å². The molecular weight excluding hydrogens is 373 g/mol. The van der Waals surface area contributed by atoms with Crippen LogP contribution < -0.4 is 15.8 Å². The van der Waals surface area contributed by atoms with Gasteiger partial charge in [0.05, 0.1) is 5.41 Å². The monoisotopic (exact) mass is 399 g/mol. The molecule has 0 bridgehead atoms. The van der Waals surface area contributed by atoms with Gasteiger partial charge in [-0.25, -0.2) is 4.98 Å². The summed E-state index contributed by atoms with van der Waals surface area (Å²) in [6.45, 7) is 4.77. The van der Waals surface area contributed by atoms with E-state index in [1.165, 1.54) is 0 Å². The van der Waals surface area contributed by atoms with Gasteiger partial charge in [-0.3, -0.25) is 4.79 Å². The molecule has 1 aromatic carbocycles. The molecule has 2 rings (SSSR count). The van der Waals surface area contributed by atoms with E-state index in [1.807, 2.05) is 50.2 Å². The Balaban J connectivity index is 0.00000312. The van der Waals surface area contributed by atoms with E-state index in [-0.39, 0.29) is 30.7 Å². The molecule has 2 aromatic rings. The first kappa shape index (κ1) is 24.2. The standard InChI is InChI=1S/C19H25N3O2.2ClH/c1-3-19(4-2,14-20)18(23)22-13-15-10-11-17(21-12-15)24-16-8-6-5-7-9-16;;/h5-12H,3-4,13-14,20H2,1-2H3,(H,22,23);2*1H.